The fourth-order valence-corrected chi connectivity index (χ4v) is 2.07. The highest BCUT2D eigenvalue weighted by Crippen LogP contribution is 2.23. The summed E-state index contributed by atoms with van der Waals surface area (Å²) in [6, 6.07) is 6.13. The molecule has 0 aliphatic carbocycles. The van der Waals surface area contributed by atoms with Gasteiger partial charge in [0.15, 0.2) is 0 Å². The fraction of sp³-hybridized carbons (Fsp3) is 0.538. The number of nitrogens with zero attached hydrogens (tertiary/aromatic N) is 1. The summed E-state index contributed by atoms with van der Waals surface area (Å²) in [6.45, 7) is 0.978. The van der Waals surface area contributed by atoms with E-state index in [1.54, 1.807) is 7.11 Å². The highest BCUT2D eigenvalue weighted by atomic mass is 35.5. The van der Waals surface area contributed by atoms with Gasteiger partial charge in [0, 0.05) is 17.6 Å². The van der Waals surface area contributed by atoms with Crippen LogP contribution < -0.4 is 10.1 Å². The Kier molecular flexibility index (Phi) is 5.75. The second-order valence-corrected chi connectivity index (χ2v) is 4.84. The first-order chi connectivity index (χ1) is 8.06. The number of ether oxygens (including phenoxy) is 1. The number of halogens is 1. The molecule has 0 radical (unpaired) electrons. The van der Waals surface area contributed by atoms with Crippen molar-refractivity contribution in [2.24, 2.45) is 0 Å². The van der Waals surface area contributed by atoms with E-state index >= 15 is 0 Å². The van der Waals surface area contributed by atoms with E-state index in [0.29, 0.717) is 6.04 Å². The van der Waals surface area contributed by atoms with Gasteiger partial charge in [-0.15, -0.1) is 0 Å². The molecule has 1 rings (SSSR count). The van der Waals surface area contributed by atoms with Gasteiger partial charge in [-0.1, -0.05) is 11.6 Å². The molecule has 4 heteroatoms. The van der Waals surface area contributed by atoms with Gasteiger partial charge in [-0.2, -0.15) is 0 Å². The standard InChI is InChI=1S/C13H21ClN2O/c1-15-12(9-16(2)3)8-10-7-11(14)5-6-13(10)17-4/h5-7,12,15H,8-9H2,1-4H3. The third kappa shape index (κ3) is 4.54. The average Bonchev–Trinajstić information content (AvgIpc) is 2.28. The lowest BCUT2D eigenvalue weighted by Gasteiger charge is -2.21. The Balaban J connectivity index is 2.80. The zero-order chi connectivity index (χ0) is 12.8. The van der Waals surface area contributed by atoms with Crippen LogP contribution >= 0.6 is 11.6 Å². The summed E-state index contributed by atoms with van der Waals surface area (Å²) in [5.74, 6) is 0.897. The molecule has 0 aliphatic rings. The number of nitrogens with one attached hydrogen (secondary N) is 1. The maximum atomic E-state index is 6.02. The van der Waals surface area contributed by atoms with Crippen molar-refractivity contribution in [1.29, 1.82) is 0 Å². The number of rotatable bonds is 6. The van der Waals surface area contributed by atoms with Crippen molar-refractivity contribution in [2.75, 3.05) is 34.8 Å². The lowest BCUT2D eigenvalue weighted by molar-refractivity contribution is 0.342. The van der Waals surface area contributed by atoms with Crippen LogP contribution in [0.25, 0.3) is 0 Å². The molecule has 0 saturated carbocycles. The van der Waals surface area contributed by atoms with Gasteiger partial charge in [-0.05, 0) is 51.3 Å². The molecule has 1 unspecified atom stereocenters. The Bertz CT molecular complexity index is 355. The van der Waals surface area contributed by atoms with Gasteiger partial charge < -0.3 is 15.0 Å². The van der Waals surface area contributed by atoms with Crippen molar-refractivity contribution in [1.82, 2.24) is 10.2 Å². The lowest BCUT2D eigenvalue weighted by atomic mass is 10.0. The van der Waals surface area contributed by atoms with E-state index in [4.69, 9.17) is 16.3 Å². The van der Waals surface area contributed by atoms with E-state index < -0.39 is 0 Å². The molecule has 17 heavy (non-hydrogen) atoms. The molecule has 0 aromatic heterocycles. The predicted octanol–water partition coefficient (Wildman–Crippen LogP) is 2.04. The molecular weight excluding hydrogens is 236 g/mol. The van der Waals surface area contributed by atoms with Gasteiger partial charge in [0.05, 0.1) is 7.11 Å². The highest BCUT2D eigenvalue weighted by molar-refractivity contribution is 6.30. The molecule has 96 valence electrons. The SMILES string of the molecule is CNC(Cc1cc(Cl)ccc1OC)CN(C)C. The average molecular weight is 257 g/mol. The first kappa shape index (κ1) is 14.3. The smallest absolute Gasteiger partial charge is 0.122 e. The fourth-order valence-electron chi connectivity index (χ4n) is 1.87. The van der Waals surface area contributed by atoms with E-state index in [0.717, 1.165) is 29.3 Å². The van der Waals surface area contributed by atoms with Crippen molar-refractivity contribution in [3.8, 4) is 5.75 Å². The molecule has 0 saturated heterocycles. The van der Waals surface area contributed by atoms with Crippen LogP contribution in [0.5, 0.6) is 5.75 Å². The van der Waals surface area contributed by atoms with Crippen LogP contribution in [0, 0.1) is 0 Å². The molecule has 0 amide bonds. The molecule has 1 atom stereocenters. The summed E-state index contributed by atoms with van der Waals surface area (Å²) >= 11 is 6.02. The summed E-state index contributed by atoms with van der Waals surface area (Å²) < 4.78 is 5.35. The van der Waals surface area contributed by atoms with Crippen molar-refractivity contribution in [3.05, 3.63) is 28.8 Å². The van der Waals surface area contributed by atoms with Gasteiger partial charge in [0.25, 0.3) is 0 Å². The molecule has 0 bridgehead atoms. The minimum absolute atomic E-state index is 0.386. The van der Waals surface area contributed by atoms with E-state index in [1.165, 1.54) is 0 Å². The Morgan fingerprint density at radius 1 is 1.41 bits per heavy atom. The summed E-state index contributed by atoms with van der Waals surface area (Å²) in [6.07, 6.45) is 0.901. The summed E-state index contributed by atoms with van der Waals surface area (Å²) in [4.78, 5) is 2.16. The second-order valence-electron chi connectivity index (χ2n) is 4.41. The molecule has 0 spiro atoms. The first-order valence-corrected chi connectivity index (χ1v) is 6.09. The van der Waals surface area contributed by atoms with Crippen molar-refractivity contribution >= 4 is 11.6 Å². The van der Waals surface area contributed by atoms with Crippen LogP contribution in [-0.4, -0.2) is 45.7 Å². The zero-order valence-electron chi connectivity index (χ0n) is 11.0. The maximum absolute atomic E-state index is 6.02. The Morgan fingerprint density at radius 3 is 2.65 bits per heavy atom. The third-order valence-corrected chi connectivity index (χ3v) is 2.94. The second kappa shape index (κ2) is 6.84. The monoisotopic (exact) mass is 256 g/mol. The molecule has 1 N–H and O–H groups in total. The molecule has 1 aromatic carbocycles. The molecule has 0 fully saturated rings. The van der Waals surface area contributed by atoms with Crippen LogP contribution in [0.1, 0.15) is 5.56 Å². The molecular formula is C13H21ClN2O. The Morgan fingerprint density at radius 2 is 2.12 bits per heavy atom. The van der Waals surface area contributed by atoms with Gasteiger partial charge in [0.2, 0.25) is 0 Å². The van der Waals surface area contributed by atoms with Crippen LogP contribution in [0.15, 0.2) is 18.2 Å². The number of benzene rings is 1. The summed E-state index contributed by atoms with van der Waals surface area (Å²) in [7, 11) is 7.80. The van der Waals surface area contributed by atoms with Crippen molar-refractivity contribution in [2.45, 2.75) is 12.5 Å². The number of likely N-dealkylation sites (N-methyl/N-ethyl adjacent to an activating group) is 2. The van der Waals surface area contributed by atoms with Crippen LogP contribution in [0.2, 0.25) is 5.02 Å². The third-order valence-electron chi connectivity index (χ3n) is 2.70. The van der Waals surface area contributed by atoms with E-state index in [9.17, 15) is 0 Å². The van der Waals surface area contributed by atoms with Crippen LogP contribution in [-0.2, 0) is 6.42 Å². The number of methoxy groups -OCH3 is 1. The zero-order valence-corrected chi connectivity index (χ0v) is 11.7. The minimum Gasteiger partial charge on any atom is -0.496 e. The molecule has 3 nitrogen and oxygen atoms in total. The van der Waals surface area contributed by atoms with Crippen molar-refractivity contribution < 1.29 is 4.74 Å². The van der Waals surface area contributed by atoms with Crippen LogP contribution in [0.4, 0.5) is 0 Å². The first-order valence-electron chi connectivity index (χ1n) is 5.71. The van der Waals surface area contributed by atoms with Gasteiger partial charge in [0.1, 0.15) is 5.75 Å². The Labute approximate surface area is 109 Å². The maximum Gasteiger partial charge on any atom is 0.122 e. The predicted molar refractivity (Wildman–Crippen MR) is 73.1 cm³/mol. The molecule has 1 aromatic rings. The number of hydrogen-bond donors (Lipinski definition) is 1. The molecule has 0 aliphatic heterocycles. The van der Waals surface area contributed by atoms with Crippen LogP contribution in [0.3, 0.4) is 0 Å². The normalized spacial score (nSPS) is 12.8. The largest absolute Gasteiger partial charge is 0.496 e. The minimum atomic E-state index is 0.386. The Hall–Kier alpha value is -0.770. The van der Waals surface area contributed by atoms with Gasteiger partial charge >= 0.3 is 0 Å². The van der Waals surface area contributed by atoms with Crippen molar-refractivity contribution in [3.63, 3.8) is 0 Å². The van der Waals surface area contributed by atoms with E-state index in [1.807, 2.05) is 25.2 Å². The van der Waals surface area contributed by atoms with E-state index in [2.05, 4.69) is 24.3 Å². The van der Waals surface area contributed by atoms with Gasteiger partial charge in [-0.3, -0.25) is 0 Å². The number of hydrogen-bond acceptors (Lipinski definition) is 3. The highest BCUT2D eigenvalue weighted by Gasteiger charge is 2.12. The van der Waals surface area contributed by atoms with Gasteiger partial charge in [-0.25, -0.2) is 0 Å². The summed E-state index contributed by atoms with van der Waals surface area (Å²) in [5.41, 5.74) is 1.14. The molecule has 0 heterocycles. The topological polar surface area (TPSA) is 24.5 Å². The van der Waals surface area contributed by atoms with E-state index in [-0.39, 0.29) is 0 Å². The quantitative estimate of drug-likeness (QED) is 0.843. The lowest BCUT2D eigenvalue weighted by Crippen LogP contribution is -2.37. The summed E-state index contributed by atoms with van der Waals surface area (Å²) in [5, 5.41) is 4.06.